The second-order valence-electron chi connectivity index (χ2n) is 4.15. The van der Waals surface area contributed by atoms with E-state index in [1.807, 2.05) is 59.4 Å². The summed E-state index contributed by atoms with van der Waals surface area (Å²) in [5.74, 6) is 1.74. The van der Waals surface area contributed by atoms with E-state index in [1.165, 1.54) is 0 Å². The van der Waals surface area contributed by atoms with Crippen LogP contribution in [-0.2, 0) is 6.54 Å². The number of hydrogen-bond donors (Lipinski definition) is 1. The van der Waals surface area contributed by atoms with E-state index in [0.717, 1.165) is 22.8 Å². The summed E-state index contributed by atoms with van der Waals surface area (Å²) in [4.78, 5) is 0. The van der Waals surface area contributed by atoms with Gasteiger partial charge in [-0.05, 0) is 18.2 Å². The van der Waals surface area contributed by atoms with Crippen molar-refractivity contribution in [3.63, 3.8) is 0 Å². The van der Waals surface area contributed by atoms with Gasteiger partial charge in [0.25, 0.3) is 0 Å². The predicted molar refractivity (Wildman–Crippen MR) is 70.1 cm³/mol. The van der Waals surface area contributed by atoms with Gasteiger partial charge in [-0.25, -0.2) is 0 Å². The highest BCUT2D eigenvalue weighted by Crippen LogP contribution is 2.27. The number of furan rings is 1. The van der Waals surface area contributed by atoms with Crippen LogP contribution in [0.5, 0.6) is 0 Å². The van der Waals surface area contributed by atoms with Gasteiger partial charge < -0.3 is 10.2 Å². The van der Waals surface area contributed by atoms with Crippen molar-refractivity contribution in [1.29, 1.82) is 0 Å². The van der Waals surface area contributed by atoms with E-state index in [1.54, 1.807) is 0 Å². The highest BCUT2D eigenvalue weighted by molar-refractivity contribution is 5.60. The maximum atomic E-state index is 5.96. The summed E-state index contributed by atoms with van der Waals surface area (Å²) in [6.07, 6.45) is 3.96. The molecular formula is C15H15N2O+. The number of aromatic nitrogens is 1. The summed E-state index contributed by atoms with van der Waals surface area (Å²) < 4.78 is 7.94. The summed E-state index contributed by atoms with van der Waals surface area (Å²) >= 11 is 0. The van der Waals surface area contributed by atoms with Crippen LogP contribution in [0.2, 0.25) is 0 Å². The van der Waals surface area contributed by atoms with Gasteiger partial charge >= 0.3 is 0 Å². The van der Waals surface area contributed by atoms with Gasteiger partial charge in [-0.2, -0.15) is 0 Å². The molecule has 0 amide bonds. The summed E-state index contributed by atoms with van der Waals surface area (Å²) in [5.41, 5.74) is 6.16. The average Bonchev–Trinajstić information content (AvgIpc) is 3.08. The highest BCUT2D eigenvalue weighted by atomic mass is 16.4. The van der Waals surface area contributed by atoms with Crippen molar-refractivity contribution in [2.45, 2.75) is 6.54 Å². The van der Waals surface area contributed by atoms with Crippen LogP contribution in [-0.4, -0.2) is 4.57 Å². The lowest BCUT2D eigenvalue weighted by molar-refractivity contribution is -0.386. The number of rotatable bonds is 3. The highest BCUT2D eigenvalue weighted by Gasteiger charge is 2.13. The van der Waals surface area contributed by atoms with E-state index < -0.39 is 0 Å². The Labute approximate surface area is 105 Å². The Morgan fingerprint density at radius 1 is 1.00 bits per heavy atom. The van der Waals surface area contributed by atoms with E-state index >= 15 is 0 Å². The minimum atomic E-state index is 0.712. The number of hydrogen-bond acceptors (Lipinski definition) is 1. The lowest BCUT2D eigenvalue weighted by Crippen LogP contribution is -2.47. The molecule has 0 radical (unpaired) electrons. The second-order valence-corrected chi connectivity index (χ2v) is 4.15. The van der Waals surface area contributed by atoms with Crippen molar-refractivity contribution in [3.05, 3.63) is 66.5 Å². The van der Waals surface area contributed by atoms with Gasteiger partial charge in [-0.15, -0.1) is 0 Å². The fraction of sp³-hybridized carbons (Fsp3) is 0.0667. The molecule has 3 N–H and O–H groups in total. The first-order chi connectivity index (χ1) is 8.88. The van der Waals surface area contributed by atoms with Crippen LogP contribution in [0.15, 0.2) is 65.3 Å². The molecule has 0 aliphatic rings. The summed E-state index contributed by atoms with van der Waals surface area (Å²) in [6, 6.07) is 16.2. The zero-order valence-electron chi connectivity index (χ0n) is 10.0. The molecule has 0 atom stereocenters. The van der Waals surface area contributed by atoms with Crippen molar-refractivity contribution < 1.29 is 10.2 Å². The molecule has 3 nitrogen and oxygen atoms in total. The number of benzene rings is 1. The van der Waals surface area contributed by atoms with E-state index in [4.69, 9.17) is 4.42 Å². The third-order valence-corrected chi connectivity index (χ3v) is 2.95. The molecule has 2 heterocycles. The van der Waals surface area contributed by atoms with Gasteiger partial charge in [-0.1, -0.05) is 30.3 Å². The van der Waals surface area contributed by atoms with Gasteiger partial charge in [0.2, 0.25) is 5.88 Å². The minimum absolute atomic E-state index is 0.712. The first kappa shape index (κ1) is 10.9. The lowest BCUT2D eigenvalue weighted by atomic mass is 10.1. The van der Waals surface area contributed by atoms with Gasteiger partial charge in [0, 0.05) is 18.0 Å². The molecule has 90 valence electrons. The Morgan fingerprint density at radius 3 is 2.39 bits per heavy atom. The van der Waals surface area contributed by atoms with Crippen molar-refractivity contribution >= 4 is 0 Å². The summed E-state index contributed by atoms with van der Waals surface area (Å²) in [5, 5.41) is 0. The fourth-order valence-corrected chi connectivity index (χ4v) is 2.03. The topological polar surface area (TPSA) is 45.7 Å². The molecule has 0 unspecified atom stereocenters. The Kier molecular flexibility index (Phi) is 2.74. The molecule has 1 aromatic carbocycles. The molecule has 0 saturated heterocycles. The second kappa shape index (κ2) is 4.55. The molecule has 0 bridgehead atoms. The van der Waals surface area contributed by atoms with Crippen LogP contribution >= 0.6 is 0 Å². The number of nitrogens with zero attached hydrogens (tertiary/aromatic N) is 1. The monoisotopic (exact) mass is 239 g/mol. The van der Waals surface area contributed by atoms with Crippen molar-refractivity contribution in [2.24, 2.45) is 0 Å². The lowest BCUT2D eigenvalue weighted by Gasteiger charge is -1.99. The Bertz CT molecular complexity index is 624. The molecule has 0 saturated carbocycles. The molecule has 3 rings (SSSR count). The first-order valence-electron chi connectivity index (χ1n) is 5.99. The Morgan fingerprint density at radius 2 is 1.72 bits per heavy atom. The molecule has 0 aliphatic carbocycles. The fourth-order valence-electron chi connectivity index (χ4n) is 2.03. The Hall–Kier alpha value is -2.26. The molecule has 0 aliphatic heterocycles. The Balaban J connectivity index is 2.09. The zero-order chi connectivity index (χ0) is 12.4. The smallest absolute Gasteiger partial charge is 0.213 e. The number of quaternary nitrogens is 1. The molecule has 18 heavy (non-hydrogen) atoms. The van der Waals surface area contributed by atoms with E-state index in [2.05, 4.69) is 11.8 Å². The van der Waals surface area contributed by atoms with Crippen molar-refractivity contribution in [3.8, 4) is 17.2 Å². The summed E-state index contributed by atoms with van der Waals surface area (Å²) in [7, 11) is 0. The van der Waals surface area contributed by atoms with Gasteiger partial charge in [-0.3, -0.25) is 4.57 Å². The third-order valence-electron chi connectivity index (χ3n) is 2.95. The van der Waals surface area contributed by atoms with Gasteiger partial charge in [0.15, 0.2) is 0 Å². The standard InChI is InChI=1S/C15H14N2O/c16-11-13-10-14(12-6-2-1-3-7-12)18-15(13)17-8-4-5-9-17/h1-10H,11,16H2/p+1. The molecule has 3 aromatic rings. The quantitative estimate of drug-likeness (QED) is 0.749. The van der Waals surface area contributed by atoms with E-state index in [0.29, 0.717) is 6.54 Å². The molecule has 0 spiro atoms. The van der Waals surface area contributed by atoms with Gasteiger partial charge in [0.05, 0.1) is 5.56 Å². The predicted octanol–water partition coefficient (Wildman–Crippen LogP) is 2.48. The van der Waals surface area contributed by atoms with Crippen LogP contribution in [0, 0.1) is 0 Å². The molecule has 2 aromatic heterocycles. The van der Waals surface area contributed by atoms with Gasteiger partial charge in [0.1, 0.15) is 12.3 Å². The third kappa shape index (κ3) is 1.85. The molecular weight excluding hydrogens is 224 g/mol. The van der Waals surface area contributed by atoms with Crippen molar-refractivity contribution in [1.82, 2.24) is 4.57 Å². The SMILES string of the molecule is [NH3+]Cc1cc(-c2ccccc2)oc1-n1cccc1. The summed E-state index contributed by atoms with van der Waals surface area (Å²) in [6.45, 7) is 0.712. The van der Waals surface area contributed by atoms with Crippen molar-refractivity contribution in [2.75, 3.05) is 0 Å². The van der Waals surface area contributed by atoms with Crippen LogP contribution < -0.4 is 5.73 Å². The van der Waals surface area contributed by atoms with Crippen LogP contribution in [0.4, 0.5) is 0 Å². The first-order valence-corrected chi connectivity index (χ1v) is 5.99. The van der Waals surface area contributed by atoms with Crippen LogP contribution in [0.25, 0.3) is 17.2 Å². The minimum Gasteiger partial charge on any atom is -0.439 e. The van der Waals surface area contributed by atoms with E-state index in [-0.39, 0.29) is 0 Å². The largest absolute Gasteiger partial charge is 0.439 e. The zero-order valence-corrected chi connectivity index (χ0v) is 10.0. The van der Waals surface area contributed by atoms with E-state index in [9.17, 15) is 0 Å². The average molecular weight is 239 g/mol. The van der Waals surface area contributed by atoms with Crippen LogP contribution in [0.1, 0.15) is 5.56 Å². The molecule has 0 fully saturated rings. The maximum Gasteiger partial charge on any atom is 0.213 e. The molecule has 3 heteroatoms. The normalized spacial score (nSPS) is 10.7. The van der Waals surface area contributed by atoms with Crippen LogP contribution in [0.3, 0.4) is 0 Å². The maximum absolute atomic E-state index is 5.96.